The Bertz CT molecular complexity index is 510. The van der Waals surface area contributed by atoms with Crippen LogP contribution in [0.3, 0.4) is 0 Å². The average molecular weight is 262 g/mol. The summed E-state index contributed by atoms with van der Waals surface area (Å²) in [4.78, 5) is 15.4. The lowest BCUT2D eigenvalue weighted by Gasteiger charge is -2.34. The minimum absolute atomic E-state index is 0.243. The lowest BCUT2D eigenvalue weighted by Crippen LogP contribution is -2.45. The van der Waals surface area contributed by atoms with Crippen LogP contribution in [0.15, 0.2) is 12.1 Å². The molecule has 0 radical (unpaired) electrons. The molecule has 0 saturated carbocycles. The van der Waals surface area contributed by atoms with E-state index in [4.69, 9.17) is 0 Å². The third-order valence-corrected chi connectivity index (χ3v) is 3.97. The summed E-state index contributed by atoms with van der Waals surface area (Å²) < 4.78 is 0. The second kappa shape index (κ2) is 4.70. The van der Waals surface area contributed by atoms with Crippen molar-refractivity contribution in [1.29, 1.82) is 0 Å². The van der Waals surface area contributed by atoms with Gasteiger partial charge in [-0.25, -0.2) is 0 Å². The highest BCUT2D eigenvalue weighted by Crippen LogP contribution is 2.39. The van der Waals surface area contributed by atoms with E-state index in [9.17, 15) is 10.1 Å². The molecule has 0 amide bonds. The maximum absolute atomic E-state index is 11.3. The summed E-state index contributed by atoms with van der Waals surface area (Å²) in [6.45, 7) is 4.49. The van der Waals surface area contributed by atoms with E-state index in [0.717, 1.165) is 56.1 Å². The van der Waals surface area contributed by atoms with Crippen LogP contribution in [0.5, 0.6) is 0 Å². The van der Waals surface area contributed by atoms with Gasteiger partial charge in [-0.15, -0.1) is 0 Å². The third-order valence-electron chi connectivity index (χ3n) is 3.97. The first-order valence-corrected chi connectivity index (χ1v) is 6.64. The molecule has 19 heavy (non-hydrogen) atoms. The molecule has 1 saturated heterocycles. The van der Waals surface area contributed by atoms with Gasteiger partial charge in [-0.1, -0.05) is 0 Å². The van der Waals surface area contributed by atoms with Crippen LogP contribution in [0.1, 0.15) is 5.56 Å². The highest BCUT2D eigenvalue weighted by Gasteiger charge is 2.29. The smallest absolute Gasteiger partial charge is 0.292 e. The molecule has 0 aliphatic carbocycles. The van der Waals surface area contributed by atoms with Gasteiger partial charge in [0.25, 0.3) is 5.69 Å². The Balaban J connectivity index is 2.02. The van der Waals surface area contributed by atoms with Crippen LogP contribution in [-0.2, 0) is 6.42 Å². The lowest BCUT2D eigenvalue weighted by molar-refractivity contribution is -0.384. The monoisotopic (exact) mass is 262 g/mol. The van der Waals surface area contributed by atoms with Gasteiger partial charge in [-0.2, -0.15) is 0 Å². The minimum Gasteiger partial charge on any atom is -0.384 e. The van der Waals surface area contributed by atoms with Gasteiger partial charge in [0.1, 0.15) is 5.69 Å². The number of piperazine rings is 1. The minimum atomic E-state index is -0.258. The second-order valence-corrected chi connectivity index (χ2v) is 5.18. The molecule has 0 unspecified atom stereocenters. The van der Waals surface area contributed by atoms with Crippen molar-refractivity contribution in [2.24, 2.45) is 0 Å². The van der Waals surface area contributed by atoms with E-state index in [2.05, 4.69) is 22.2 Å². The van der Waals surface area contributed by atoms with E-state index in [-0.39, 0.29) is 10.6 Å². The number of nitrogens with one attached hydrogen (secondary N) is 1. The lowest BCUT2D eigenvalue weighted by atomic mass is 10.1. The molecule has 3 rings (SSSR count). The molecular weight excluding hydrogens is 244 g/mol. The van der Waals surface area contributed by atoms with E-state index in [1.54, 1.807) is 6.07 Å². The van der Waals surface area contributed by atoms with E-state index < -0.39 is 0 Å². The highest BCUT2D eigenvalue weighted by molar-refractivity contribution is 5.78. The predicted octanol–water partition coefficient (Wildman–Crippen LogP) is 1.31. The molecule has 1 fully saturated rings. The summed E-state index contributed by atoms with van der Waals surface area (Å²) in [7, 11) is 2.09. The van der Waals surface area contributed by atoms with Crippen molar-refractivity contribution < 1.29 is 4.92 Å². The zero-order chi connectivity index (χ0) is 13.4. The molecular formula is C13H18N4O2. The van der Waals surface area contributed by atoms with Crippen molar-refractivity contribution in [3.05, 3.63) is 27.8 Å². The van der Waals surface area contributed by atoms with Crippen LogP contribution in [0.2, 0.25) is 0 Å². The van der Waals surface area contributed by atoms with Crippen molar-refractivity contribution in [1.82, 2.24) is 4.90 Å². The van der Waals surface area contributed by atoms with Crippen LogP contribution in [0.25, 0.3) is 0 Å². The SMILES string of the molecule is CN1CCN(c2c([N+](=O)[O-])ccc3c2CCN3)CC1. The van der Waals surface area contributed by atoms with E-state index >= 15 is 0 Å². The summed E-state index contributed by atoms with van der Waals surface area (Å²) in [5, 5.41) is 14.6. The summed E-state index contributed by atoms with van der Waals surface area (Å²) >= 11 is 0. The summed E-state index contributed by atoms with van der Waals surface area (Å²) in [5.41, 5.74) is 3.24. The van der Waals surface area contributed by atoms with Gasteiger partial charge in [0.15, 0.2) is 0 Å². The first kappa shape index (κ1) is 12.2. The van der Waals surface area contributed by atoms with Crippen molar-refractivity contribution in [2.45, 2.75) is 6.42 Å². The Labute approximate surface area is 112 Å². The Morgan fingerprint density at radius 2 is 2.00 bits per heavy atom. The molecule has 1 N–H and O–H groups in total. The Hall–Kier alpha value is -1.82. The van der Waals surface area contributed by atoms with E-state index in [0.29, 0.717) is 0 Å². The van der Waals surface area contributed by atoms with Gasteiger partial charge in [-0.05, 0) is 19.5 Å². The van der Waals surface area contributed by atoms with Crippen LogP contribution < -0.4 is 10.2 Å². The second-order valence-electron chi connectivity index (χ2n) is 5.18. The van der Waals surface area contributed by atoms with Gasteiger partial charge in [-0.3, -0.25) is 10.1 Å². The number of nitrogens with zero attached hydrogens (tertiary/aromatic N) is 3. The molecule has 0 atom stereocenters. The number of fused-ring (bicyclic) bond motifs is 1. The number of nitro benzene ring substituents is 1. The first-order valence-electron chi connectivity index (χ1n) is 6.64. The molecule has 2 heterocycles. The summed E-state index contributed by atoms with van der Waals surface area (Å²) in [5.74, 6) is 0. The summed E-state index contributed by atoms with van der Waals surface area (Å²) in [6, 6.07) is 3.46. The summed E-state index contributed by atoms with van der Waals surface area (Å²) in [6.07, 6.45) is 0.874. The highest BCUT2D eigenvalue weighted by atomic mass is 16.6. The number of hydrogen-bond donors (Lipinski definition) is 1. The van der Waals surface area contributed by atoms with Crippen molar-refractivity contribution in [3.63, 3.8) is 0 Å². The number of likely N-dealkylation sites (N-methyl/N-ethyl adjacent to an activating group) is 1. The maximum atomic E-state index is 11.3. The van der Waals surface area contributed by atoms with Crippen LogP contribution in [0, 0.1) is 10.1 Å². The topological polar surface area (TPSA) is 61.7 Å². The van der Waals surface area contributed by atoms with Gasteiger partial charge < -0.3 is 15.1 Å². The fourth-order valence-electron chi connectivity index (χ4n) is 2.90. The largest absolute Gasteiger partial charge is 0.384 e. The van der Waals surface area contributed by atoms with Crippen molar-refractivity contribution in [2.75, 3.05) is 50.0 Å². The Morgan fingerprint density at radius 1 is 1.26 bits per heavy atom. The molecule has 6 heteroatoms. The fourth-order valence-corrected chi connectivity index (χ4v) is 2.90. The number of nitro groups is 1. The van der Waals surface area contributed by atoms with Crippen molar-refractivity contribution in [3.8, 4) is 0 Å². The molecule has 6 nitrogen and oxygen atoms in total. The molecule has 0 bridgehead atoms. The van der Waals surface area contributed by atoms with Crippen LogP contribution in [0.4, 0.5) is 17.1 Å². The number of hydrogen-bond acceptors (Lipinski definition) is 5. The quantitative estimate of drug-likeness (QED) is 0.643. The maximum Gasteiger partial charge on any atom is 0.292 e. The molecule has 0 aromatic heterocycles. The van der Waals surface area contributed by atoms with E-state index in [1.165, 1.54) is 0 Å². The van der Waals surface area contributed by atoms with E-state index in [1.807, 2.05) is 6.07 Å². The first-order chi connectivity index (χ1) is 9.16. The molecule has 2 aliphatic rings. The van der Waals surface area contributed by atoms with Gasteiger partial charge in [0.2, 0.25) is 0 Å². The number of anilines is 2. The molecule has 0 spiro atoms. The van der Waals surface area contributed by atoms with Gasteiger partial charge >= 0.3 is 0 Å². The fraction of sp³-hybridized carbons (Fsp3) is 0.538. The normalized spacial score (nSPS) is 19.1. The standard InChI is InChI=1S/C13H18N4O2/c1-15-6-8-16(9-7-15)13-10-4-5-14-11(10)2-3-12(13)17(18)19/h2-3,14H,4-9H2,1H3. The average Bonchev–Trinajstić information content (AvgIpc) is 2.86. The number of rotatable bonds is 2. The van der Waals surface area contributed by atoms with Crippen LogP contribution >= 0.6 is 0 Å². The Kier molecular flexibility index (Phi) is 3.02. The zero-order valence-electron chi connectivity index (χ0n) is 11.1. The van der Waals surface area contributed by atoms with Gasteiger partial charge in [0.05, 0.1) is 4.92 Å². The molecule has 102 valence electrons. The Morgan fingerprint density at radius 3 is 2.68 bits per heavy atom. The zero-order valence-corrected chi connectivity index (χ0v) is 11.1. The molecule has 2 aliphatic heterocycles. The van der Waals surface area contributed by atoms with Gasteiger partial charge in [0, 0.05) is 50.0 Å². The third kappa shape index (κ3) is 2.12. The molecule has 1 aromatic carbocycles. The molecule has 1 aromatic rings. The van der Waals surface area contributed by atoms with Crippen molar-refractivity contribution >= 4 is 17.1 Å². The van der Waals surface area contributed by atoms with Crippen LogP contribution in [-0.4, -0.2) is 49.6 Å². The number of benzene rings is 1. The predicted molar refractivity (Wildman–Crippen MR) is 75.0 cm³/mol.